The number of hydrogen-bond acceptors (Lipinski definition) is 4. The summed E-state index contributed by atoms with van der Waals surface area (Å²) in [4.78, 5) is 4.28. The number of allylic oxidation sites excluding steroid dienone is 2. The van der Waals surface area contributed by atoms with Gasteiger partial charge in [-0.3, -0.25) is 4.98 Å². The number of rotatable bonds is 6. The number of halogens is 2. The van der Waals surface area contributed by atoms with Crippen LogP contribution in [0.4, 0.5) is 8.78 Å². The fraction of sp³-hybridized carbons (Fsp3) is 0.526. The maximum atomic E-state index is 14.0. The molecule has 0 radical (unpaired) electrons. The first-order chi connectivity index (χ1) is 11.7. The highest BCUT2D eigenvalue weighted by Gasteiger charge is 2.24. The zero-order valence-corrected chi connectivity index (χ0v) is 15.9. The zero-order valence-electron chi connectivity index (χ0n) is 15.1. The third kappa shape index (κ3) is 5.90. The highest BCUT2D eigenvalue weighted by Crippen LogP contribution is 2.34. The number of aromatic nitrogens is 1. The van der Waals surface area contributed by atoms with E-state index in [1.54, 1.807) is 19.2 Å². The van der Waals surface area contributed by atoms with E-state index < -0.39 is 18.1 Å². The van der Waals surface area contributed by atoms with E-state index in [1.807, 2.05) is 0 Å². The standard InChI is InChI=1S/C19H25F2NO2S/c1-12-9-22-14(10-24-25-11-19(2,3)4)8-15(12)18(23)16-7-13(20)5-6-17(16)21/h6-9,13,18,23H,5,10-11H2,1-4H3. The maximum absolute atomic E-state index is 14.0. The van der Waals surface area contributed by atoms with Gasteiger partial charge in [0.25, 0.3) is 0 Å². The number of hydrogen-bond donors (Lipinski definition) is 1. The quantitative estimate of drug-likeness (QED) is 0.556. The lowest BCUT2D eigenvalue weighted by Crippen LogP contribution is -2.12. The van der Waals surface area contributed by atoms with Crippen molar-refractivity contribution in [2.75, 3.05) is 5.75 Å². The van der Waals surface area contributed by atoms with Gasteiger partial charge in [-0.15, -0.1) is 0 Å². The summed E-state index contributed by atoms with van der Waals surface area (Å²) in [5.41, 5.74) is 2.00. The highest BCUT2D eigenvalue weighted by atomic mass is 32.2. The molecule has 1 N–H and O–H groups in total. The van der Waals surface area contributed by atoms with Crippen LogP contribution in [-0.2, 0) is 10.8 Å². The van der Waals surface area contributed by atoms with E-state index in [2.05, 4.69) is 25.8 Å². The number of nitrogens with zero attached hydrogens (tertiary/aromatic N) is 1. The normalized spacial score (nSPS) is 19.4. The van der Waals surface area contributed by atoms with E-state index in [1.165, 1.54) is 18.1 Å². The monoisotopic (exact) mass is 369 g/mol. The Hall–Kier alpha value is -1.24. The SMILES string of the molecule is Cc1cnc(COSCC(C)(C)C)cc1C(O)C1=CC(F)CC=C1F. The average Bonchev–Trinajstić information content (AvgIpc) is 2.53. The van der Waals surface area contributed by atoms with Gasteiger partial charge in [-0.25, -0.2) is 8.78 Å². The molecule has 1 aliphatic carbocycles. The van der Waals surface area contributed by atoms with E-state index in [0.29, 0.717) is 16.8 Å². The van der Waals surface area contributed by atoms with Crippen molar-refractivity contribution < 1.29 is 18.1 Å². The van der Waals surface area contributed by atoms with E-state index in [0.717, 1.165) is 11.8 Å². The van der Waals surface area contributed by atoms with E-state index in [-0.39, 0.29) is 24.0 Å². The van der Waals surface area contributed by atoms with Crippen molar-refractivity contribution in [1.29, 1.82) is 0 Å². The molecule has 0 amide bonds. The number of aliphatic hydroxyl groups is 1. The van der Waals surface area contributed by atoms with Gasteiger partial charge in [-0.05, 0) is 53.7 Å². The molecule has 0 bridgehead atoms. The summed E-state index contributed by atoms with van der Waals surface area (Å²) >= 11 is 1.37. The van der Waals surface area contributed by atoms with Crippen LogP contribution in [0.2, 0.25) is 0 Å². The van der Waals surface area contributed by atoms with Crippen LogP contribution < -0.4 is 0 Å². The van der Waals surface area contributed by atoms with Crippen LogP contribution in [0.15, 0.2) is 35.8 Å². The van der Waals surface area contributed by atoms with Crippen molar-refractivity contribution in [2.45, 2.75) is 53.0 Å². The summed E-state index contributed by atoms with van der Waals surface area (Å²) in [6.07, 6.45) is 1.44. The summed E-state index contributed by atoms with van der Waals surface area (Å²) in [7, 11) is 0. The number of alkyl halides is 1. The number of pyridine rings is 1. The van der Waals surface area contributed by atoms with Crippen molar-refractivity contribution in [1.82, 2.24) is 4.98 Å². The molecule has 2 atom stereocenters. The predicted molar refractivity (Wildman–Crippen MR) is 97.4 cm³/mol. The van der Waals surface area contributed by atoms with Gasteiger partial charge in [0.05, 0.1) is 5.69 Å². The first kappa shape index (κ1) is 20.1. The second-order valence-corrected chi connectivity index (χ2v) is 8.21. The lowest BCUT2D eigenvalue weighted by atomic mass is 9.93. The fourth-order valence-corrected chi connectivity index (χ4v) is 2.99. The van der Waals surface area contributed by atoms with Crippen LogP contribution in [-0.4, -0.2) is 22.0 Å². The minimum absolute atomic E-state index is 0.00146. The van der Waals surface area contributed by atoms with Crippen LogP contribution in [0.5, 0.6) is 0 Å². The Bertz CT molecular complexity index is 668. The average molecular weight is 369 g/mol. The predicted octanol–water partition coefficient (Wildman–Crippen LogP) is 5.16. The molecule has 0 aromatic carbocycles. The Kier molecular flexibility index (Phi) is 6.77. The Balaban J connectivity index is 2.09. The molecule has 0 saturated carbocycles. The van der Waals surface area contributed by atoms with Crippen LogP contribution in [0, 0.1) is 12.3 Å². The lowest BCUT2D eigenvalue weighted by Gasteiger charge is -2.20. The molecule has 1 aromatic rings. The number of aliphatic hydroxyl groups excluding tert-OH is 1. The molecule has 1 heterocycles. The molecule has 0 spiro atoms. The summed E-state index contributed by atoms with van der Waals surface area (Å²) in [5, 5.41) is 10.5. The molecule has 1 aromatic heterocycles. The van der Waals surface area contributed by atoms with Crippen LogP contribution in [0.1, 0.15) is 50.1 Å². The van der Waals surface area contributed by atoms with Gasteiger partial charge in [-0.1, -0.05) is 20.8 Å². The largest absolute Gasteiger partial charge is 0.384 e. The van der Waals surface area contributed by atoms with Gasteiger partial charge in [0.2, 0.25) is 0 Å². The molecule has 0 fully saturated rings. The summed E-state index contributed by atoms with van der Waals surface area (Å²) in [6.45, 7) is 8.44. The molecule has 1 aliphatic rings. The third-order valence-corrected chi connectivity index (χ3v) is 5.00. The number of aryl methyl sites for hydroxylation is 1. The van der Waals surface area contributed by atoms with Crippen molar-refractivity contribution in [3.63, 3.8) is 0 Å². The van der Waals surface area contributed by atoms with Gasteiger partial charge in [0, 0.05) is 23.9 Å². The smallest absolute Gasteiger partial charge is 0.125 e. The maximum Gasteiger partial charge on any atom is 0.125 e. The minimum Gasteiger partial charge on any atom is -0.384 e. The van der Waals surface area contributed by atoms with Gasteiger partial charge in [0.1, 0.15) is 24.7 Å². The van der Waals surface area contributed by atoms with E-state index >= 15 is 0 Å². The fourth-order valence-electron chi connectivity index (χ4n) is 2.34. The Morgan fingerprint density at radius 1 is 1.44 bits per heavy atom. The molecule has 25 heavy (non-hydrogen) atoms. The molecular formula is C19H25F2NO2S. The minimum atomic E-state index is -1.28. The highest BCUT2D eigenvalue weighted by molar-refractivity contribution is 7.94. The Labute approximate surface area is 152 Å². The van der Waals surface area contributed by atoms with E-state index in [9.17, 15) is 13.9 Å². The molecule has 138 valence electrons. The van der Waals surface area contributed by atoms with E-state index in [4.69, 9.17) is 4.18 Å². The molecule has 0 saturated heterocycles. The van der Waals surface area contributed by atoms with Gasteiger partial charge < -0.3 is 9.29 Å². The van der Waals surface area contributed by atoms with Gasteiger partial charge in [-0.2, -0.15) is 0 Å². The zero-order chi connectivity index (χ0) is 18.6. The molecule has 3 nitrogen and oxygen atoms in total. The van der Waals surface area contributed by atoms with Crippen LogP contribution in [0.3, 0.4) is 0 Å². The topological polar surface area (TPSA) is 42.4 Å². The molecule has 2 unspecified atom stereocenters. The van der Waals surface area contributed by atoms with Crippen molar-refractivity contribution in [3.8, 4) is 0 Å². The molecule has 0 aliphatic heterocycles. The Morgan fingerprint density at radius 2 is 2.16 bits per heavy atom. The van der Waals surface area contributed by atoms with Crippen molar-refractivity contribution in [2.24, 2.45) is 5.41 Å². The van der Waals surface area contributed by atoms with Gasteiger partial charge >= 0.3 is 0 Å². The van der Waals surface area contributed by atoms with Gasteiger partial charge in [0.15, 0.2) is 0 Å². The van der Waals surface area contributed by atoms with Crippen LogP contribution >= 0.6 is 12.0 Å². The Morgan fingerprint density at radius 3 is 2.84 bits per heavy atom. The first-order valence-corrected chi connectivity index (χ1v) is 9.18. The van der Waals surface area contributed by atoms with Crippen LogP contribution in [0.25, 0.3) is 0 Å². The second kappa shape index (κ2) is 8.43. The lowest BCUT2D eigenvalue weighted by molar-refractivity contribution is 0.208. The summed E-state index contributed by atoms with van der Waals surface area (Å²) in [6, 6.07) is 1.69. The summed E-state index contributed by atoms with van der Waals surface area (Å²) < 4.78 is 33.1. The molecule has 6 heteroatoms. The van der Waals surface area contributed by atoms with Crippen molar-refractivity contribution in [3.05, 3.63) is 52.6 Å². The third-order valence-electron chi connectivity index (χ3n) is 3.73. The first-order valence-electron chi connectivity index (χ1n) is 8.27. The van der Waals surface area contributed by atoms with Crippen molar-refractivity contribution >= 4 is 12.0 Å². The molecular weight excluding hydrogens is 344 g/mol. The second-order valence-electron chi connectivity index (χ2n) is 7.45. The summed E-state index contributed by atoms with van der Waals surface area (Å²) in [5.74, 6) is 0.269. The molecule has 2 rings (SSSR count).